The summed E-state index contributed by atoms with van der Waals surface area (Å²) in [7, 11) is 1.72. The van der Waals surface area contributed by atoms with Gasteiger partial charge in [0.15, 0.2) is 0 Å². The van der Waals surface area contributed by atoms with Crippen molar-refractivity contribution in [2.24, 2.45) is 0 Å². The first-order valence-corrected chi connectivity index (χ1v) is 6.73. The third-order valence-corrected chi connectivity index (χ3v) is 3.41. The molecular weight excluding hydrogens is 494 g/mol. The Morgan fingerprint density at radius 2 is 1.74 bits per heavy atom. The third kappa shape index (κ3) is 5.00. The van der Waals surface area contributed by atoms with Crippen LogP contribution in [-0.4, -0.2) is 7.11 Å². The molecule has 1 aliphatic rings. The van der Waals surface area contributed by atoms with Gasteiger partial charge in [-0.2, -0.15) is 6.08 Å². The molecule has 0 aromatic heterocycles. The first kappa shape index (κ1) is 22.0. The Hall–Kier alpha value is -0.960. The second-order valence-electron chi connectivity index (χ2n) is 4.66. The Kier molecular flexibility index (Phi) is 10.3. The van der Waals surface area contributed by atoms with Crippen LogP contribution in [0.25, 0.3) is 21.5 Å². The summed E-state index contributed by atoms with van der Waals surface area (Å²) in [5, 5.41) is 5.01. The van der Waals surface area contributed by atoms with Crippen molar-refractivity contribution in [3.8, 4) is 5.75 Å². The van der Waals surface area contributed by atoms with Crippen LogP contribution in [0.3, 0.4) is 0 Å². The molecule has 0 unspecified atom stereocenters. The van der Waals surface area contributed by atoms with Crippen molar-refractivity contribution >= 4 is 21.5 Å². The zero-order valence-corrected chi connectivity index (χ0v) is 17.8. The Morgan fingerprint density at radius 1 is 1.00 bits per heavy atom. The van der Waals surface area contributed by atoms with E-state index in [1.807, 2.05) is 24.3 Å². The molecule has 0 heterocycles. The van der Waals surface area contributed by atoms with Crippen LogP contribution in [0.15, 0.2) is 66.8 Å². The molecule has 0 saturated carbocycles. The van der Waals surface area contributed by atoms with Gasteiger partial charge in [0, 0.05) is 0 Å². The minimum atomic E-state index is 0. The molecule has 23 heavy (non-hydrogen) atoms. The largest absolute Gasteiger partial charge is 4.00 e. The van der Waals surface area contributed by atoms with Crippen LogP contribution in [-0.2, 0) is 25.8 Å². The Balaban J connectivity index is 0.000000529. The number of benzene rings is 2. The van der Waals surface area contributed by atoms with Crippen LogP contribution < -0.4 is 29.6 Å². The molecule has 0 saturated heterocycles. The van der Waals surface area contributed by atoms with E-state index in [2.05, 4.69) is 48.6 Å². The van der Waals surface area contributed by atoms with Crippen LogP contribution in [0.4, 0.5) is 0 Å². The van der Waals surface area contributed by atoms with E-state index < -0.39 is 0 Å². The summed E-state index contributed by atoms with van der Waals surface area (Å²) in [5.41, 5.74) is 0. The number of fused-ring (bicyclic) bond motifs is 3. The first-order chi connectivity index (χ1) is 9.90. The van der Waals surface area contributed by atoms with Gasteiger partial charge in [-0.25, -0.2) is 12.2 Å². The van der Waals surface area contributed by atoms with Gasteiger partial charge in [0.25, 0.3) is 0 Å². The maximum atomic E-state index is 5.39. The average molecular weight is 510 g/mol. The van der Waals surface area contributed by atoms with E-state index in [4.69, 9.17) is 4.74 Å². The monoisotopic (exact) mass is 510 g/mol. The molecule has 0 bridgehead atoms. The number of allylic oxidation sites excluding steroid dienone is 4. The van der Waals surface area contributed by atoms with Crippen molar-refractivity contribution in [1.82, 2.24) is 0 Å². The Bertz CT molecular complexity index is 780. The second-order valence-corrected chi connectivity index (χ2v) is 4.66. The van der Waals surface area contributed by atoms with E-state index in [0.29, 0.717) is 0 Å². The summed E-state index contributed by atoms with van der Waals surface area (Å²) in [6.45, 7) is 0. The predicted octanol–water partition coefficient (Wildman–Crippen LogP) is -0.968. The zero-order valence-electron chi connectivity index (χ0n) is 12.7. The summed E-state index contributed by atoms with van der Waals surface area (Å²) in [6.07, 6.45) is 10.0. The topological polar surface area (TPSA) is 9.23 Å². The summed E-state index contributed by atoms with van der Waals surface area (Å²) >= 11 is 0. The number of methoxy groups -OCH3 is 1. The maximum Gasteiger partial charge on any atom is 4.00 e. The van der Waals surface area contributed by atoms with Gasteiger partial charge < -0.3 is 29.6 Å². The third-order valence-electron chi connectivity index (χ3n) is 3.41. The number of halogens is 2. The minimum absolute atomic E-state index is 0. The molecule has 1 nitrogen and oxygen atoms in total. The summed E-state index contributed by atoms with van der Waals surface area (Å²) < 4.78 is 5.39. The van der Waals surface area contributed by atoms with Crippen LogP contribution in [0, 0.1) is 6.08 Å². The fourth-order valence-corrected chi connectivity index (χ4v) is 2.48. The number of rotatable bonds is 1. The van der Waals surface area contributed by atoms with Gasteiger partial charge in [-0.05, 0) is 6.07 Å². The SMILES string of the molecule is COc1cccc2[cH-]c3ccccc3c12.[C-]1=CC=CC1.[Cl-].[Cl-].[Hf+4]. The van der Waals surface area contributed by atoms with Crippen LogP contribution in [0.1, 0.15) is 6.42 Å². The van der Waals surface area contributed by atoms with E-state index in [9.17, 15) is 0 Å². The molecule has 0 fully saturated rings. The fraction of sp³-hybridized carbons (Fsp3) is 0.105. The molecule has 4 heteroatoms. The van der Waals surface area contributed by atoms with Crippen molar-refractivity contribution < 1.29 is 55.4 Å². The molecule has 0 amide bonds. The van der Waals surface area contributed by atoms with E-state index in [-0.39, 0.29) is 50.7 Å². The molecule has 116 valence electrons. The quantitative estimate of drug-likeness (QED) is 0.303. The van der Waals surface area contributed by atoms with Gasteiger partial charge in [0.2, 0.25) is 0 Å². The van der Waals surface area contributed by atoms with Crippen LogP contribution in [0.2, 0.25) is 0 Å². The van der Waals surface area contributed by atoms with Gasteiger partial charge in [0.1, 0.15) is 0 Å². The smallest absolute Gasteiger partial charge is 1.00 e. The van der Waals surface area contributed by atoms with Crippen molar-refractivity contribution in [2.75, 3.05) is 7.11 Å². The standard InChI is InChI=1S/C14H11O.C5H5.2ClH.Hf/c1-15-13-8-4-6-11-9-10-5-2-3-7-12(10)14(11)13;1-2-4-5-3-1;;;/h2-9H,1H3;1-3H,4H2;2*1H;/q2*-1;;;+4/p-2. The van der Waals surface area contributed by atoms with Crippen LogP contribution >= 0.6 is 0 Å². The van der Waals surface area contributed by atoms with Gasteiger partial charge >= 0.3 is 25.8 Å². The molecule has 0 radical (unpaired) electrons. The number of hydrogen-bond acceptors (Lipinski definition) is 1. The Labute approximate surface area is 168 Å². The summed E-state index contributed by atoms with van der Waals surface area (Å²) in [4.78, 5) is 0. The molecule has 3 aromatic carbocycles. The normalized spacial score (nSPS) is 11.0. The van der Waals surface area contributed by atoms with Crippen molar-refractivity contribution in [3.05, 3.63) is 72.8 Å². The van der Waals surface area contributed by atoms with Crippen molar-refractivity contribution in [2.45, 2.75) is 6.42 Å². The summed E-state index contributed by atoms with van der Waals surface area (Å²) in [5.74, 6) is 0.952. The number of hydrogen-bond donors (Lipinski definition) is 0. The molecule has 0 atom stereocenters. The van der Waals surface area contributed by atoms with Crippen LogP contribution in [0.5, 0.6) is 5.75 Å². The molecule has 1 aliphatic carbocycles. The van der Waals surface area contributed by atoms with Crippen molar-refractivity contribution in [1.29, 1.82) is 0 Å². The van der Waals surface area contributed by atoms with Gasteiger partial charge in [-0.1, -0.05) is 29.7 Å². The van der Waals surface area contributed by atoms with E-state index in [0.717, 1.165) is 12.2 Å². The fourth-order valence-electron chi connectivity index (χ4n) is 2.48. The van der Waals surface area contributed by atoms with E-state index in [1.165, 1.54) is 21.5 Å². The van der Waals surface area contributed by atoms with Gasteiger partial charge in [0.05, 0.1) is 12.9 Å². The molecule has 0 N–H and O–H groups in total. The van der Waals surface area contributed by atoms with Gasteiger partial charge in [-0.15, -0.1) is 40.8 Å². The minimum Gasteiger partial charge on any atom is -1.00 e. The molecule has 0 aliphatic heterocycles. The zero-order chi connectivity index (χ0) is 13.8. The molecule has 4 rings (SSSR count). The molecule has 3 aromatic rings. The molecule has 0 spiro atoms. The number of ether oxygens (including phenoxy) is 1. The summed E-state index contributed by atoms with van der Waals surface area (Å²) in [6, 6.07) is 16.8. The van der Waals surface area contributed by atoms with E-state index in [1.54, 1.807) is 7.11 Å². The van der Waals surface area contributed by atoms with Crippen molar-refractivity contribution in [3.63, 3.8) is 0 Å². The Morgan fingerprint density at radius 3 is 2.35 bits per heavy atom. The average Bonchev–Trinajstić information content (AvgIpc) is 3.17. The predicted molar refractivity (Wildman–Crippen MR) is 85.2 cm³/mol. The maximum absolute atomic E-state index is 5.39. The molecular formula is C19H16Cl2HfO. The first-order valence-electron chi connectivity index (χ1n) is 6.73. The second kappa shape index (κ2) is 10.7. The van der Waals surface area contributed by atoms with Gasteiger partial charge in [-0.3, -0.25) is 6.08 Å². The van der Waals surface area contributed by atoms with E-state index >= 15 is 0 Å².